The molecule has 0 bridgehead atoms. The summed E-state index contributed by atoms with van der Waals surface area (Å²) in [6, 6.07) is -0.806. The highest BCUT2D eigenvalue weighted by Crippen LogP contribution is 2.17. The van der Waals surface area contributed by atoms with Gasteiger partial charge in [0.25, 0.3) is 0 Å². The van der Waals surface area contributed by atoms with E-state index in [1.165, 1.54) is 16.7 Å². The molecule has 3 N–H and O–H groups in total. The molecule has 0 saturated carbocycles. The van der Waals surface area contributed by atoms with Crippen LogP contribution < -0.4 is 10.6 Å². The average Bonchev–Trinajstić information content (AvgIpc) is 2.77. The summed E-state index contributed by atoms with van der Waals surface area (Å²) < 4.78 is 4.91. The Kier molecular flexibility index (Phi) is 5.71. The summed E-state index contributed by atoms with van der Waals surface area (Å²) >= 11 is 1.20. The molecule has 1 aromatic rings. The fourth-order valence-corrected chi connectivity index (χ4v) is 2.20. The van der Waals surface area contributed by atoms with Gasteiger partial charge < -0.3 is 20.5 Å². The Hall–Kier alpha value is -1.67. The fraction of sp³-hybridized carbons (Fsp3) is 0.545. The zero-order valence-corrected chi connectivity index (χ0v) is 11.8. The van der Waals surface area contributed by atoms with Crippen molar-refractivity contribution in [2.45, 2.75) is 25.9 Å². The molecule has 2 atom stereocenters. The van der Waals surface area contributed by atoms with Gasteiger partial charge in [-0.15, -0.1) is 11.3 Å². The number of aromatic carboxylic acids is 1. The minimum absolute atomic E-state index is 0.0122. The molecule has 1 heterocycles. The SMILES string of the molecule is COCC(C)NC(=O)NC(C)c1nc(C(=O)O)cs1. The van der Waals surface area contributed by atoms with Gasteiger partial charge in [0.1, 0.15) is 5.01 Å². The molecule has 0 aliphatic rings. The zero-order valence-electron chi connectivity index (χ0n) is 11.0. The molecule has 2 amide bonds. The van der Waals surface area contributed by atoms with Gasteiger partial charge >= 0.3 is 12.0 Å². The maximum atomic E-state index is 11.6. The van der Waals surface area contributed by atoms with Crippen molar-refractivity contribution in [2.75, 3.05) is 13.7 Å². The summed E-state index contributed by atoms with van der Waals surface area (Å²) in [4.78, 5) is 26.3. The molecule has 0 aromatic carbocycles. The molecule has 0 aliphatic heterocycles. The standard InChI is InChI=1S/C11H17N3O4S/c1-6(4-18-3)12-11(17)13-7(2)9-14-8(5-19-9)10(15)16/h5-7H,4H2,1-3H3,(H,15,16)(H2,12,13,17). The van der Waals surface area contributed by atoms with Crippen LogP contribution in [0.5, 0.6) is 0 Å². The minimum Gasteiger partial charge on any atom is -0.476 e. The molecule has 19 heavy (non-hydrogen) atoms. The molecule has 0 fully saturated rings. The lowest BCUT2D eigenvalue weighted by Crippen LogP contribution is -2.43. The van der Waals surface area contributed by atoms with Crippen LogP contribution in [-0.2, 0) is 4.74 Å². The number of methoxy groups -OCH3 is 1. The number of carboxylic acid groups (broad SMARTS) is 1. The Labute approximate surface area is 115 Å². The maximum Gasteiger partial charge on any atom is 0.355 e. The fourth-order valence-electron chi connectivity index (χ4n) is 1.40. The predicted molar refractivity (Wildman–Crippen MR) is 70.5 cm³/mol. The topological polar surface area (TPSA) is 101 Å². The second kappa shape index (κ2) is 7.05. The maximum absolute atomic E-state index is 11.6. The number of amides is 2. The van der Waals surface area contributed by atoms with Crippen LogP contribution in [0.15, 0.2) is 5.38 Å². The van der Waals surface area contributed by atoms with Gasteiger partial charge in [0.15, 0.2) is 5.69 Å². The van der Waals surface area contributed by atoms with Gasteiger partial charge in [-0.3, -0.25) is 0 Å². The number of rotatable bonds is 6. The number of ether oxygens (including phenoxy) is 1. The lowest BCUT2D eigenvalue weighted by molar-refractivity contribution is 0.0691. The first-order chi connectivity index (χ1) is 8.93. The number of aromatic nitrogens is 1. The highest BCUT2D eigenvalue weighted by molar-refractivity contribution is 7.09. The lowest BCUT2D eigenvalue weighted by Gasteiger charge is -2.16. The quantitative estimate of drug-likeness (QED) is 0.730. The minimum atomic E-state index is -1.08. The molecule has 2 unspecified atom stereocenters. The third kappa shape index (κ3) is 4.84. The Morgan fingerprint density at radius 2 is 2.16 bits per heavy atom. The molecule has 1 aromatic heterocycles. The molecular formula is C11H17N3O4S. The van der Waals surface area contributed by atoms with E-state index >= 15 is 0 Å². The normalized spacial score (nSPS) is 13.6. The number of carboxylic acids is 1. The van der Waals surface area contributed by atoms with Gasteiger partial charge in [-0.1, -0.05) is 0 Å². The monoisotopic (exact) mass is 287 g/mol. The van der Waals surface area contributed by atoms with Gasteiger partial charge in [0.2, 0.25) is 0 Å². The van der Waals surface area contributed by atoms with E-state index in [9.17, 15) is 9.59 Å². The molecule has 106 valence electrons. The molecule has 0 spiro atoms. The van der Waals surface area contributed by atoms with Crippen LogP contribution in [0.3, 0.4) is 0 Å². The number of nitrogens with zero attached hydrogens (tertiary/aromatic N) is 1. The highest BCUT2D eigenvalue weighted by atomic mass is 32.1. The van der Waals surface area contributed by atoms with Gasteiger partial charge in [-0.05, 0) is 13.8 Å². The lowest BCUT2D eigenvalue weighted by atomic mass is 10.3. The third-order valence-corrected chi connectivity index (χ3v) is 3.28. The first-order valence-electron chi connectivity index (χ1n) is 5.68. The first kappa shape index (κ1) is 15.4. The predicted octanol–water partition coefficient (Wildman–Crippen LogP) is 1.24. The van der Waals surface area contributed by atoms with Crippen LogP contribution in [-0.4, -0.2) is 41.8 Å². The molecule has 0 saturated heterocycles. The number of carbonyl (C=O) groups is 2. The van der Waals surface area contributed by atoms with Crippen LogP contribution in [0.2, 0.25) is 0 Å². The van der Waals surface area contributed by atoms with E-state index in [0.29, 0.717) is 11.6 Å². The Balaban J connectivity index is 2.51. The molecule has 1 rings (SSSR count). The summed E-state index contributed by atoms with van der Waals surface area (Å²) in [5.41, 5.74) is -0.0122. The van der Waals surface area contributed by atoms with E-state index in [1.54, 1.807) is 14.0 Å². The van der Waals surface area contributed by atoms with Crippen molar-refractivity contribution in [1.29, 1.82) is 0 Å². The van der Waals surface area contributed by atoms with Crippen LogP contribution in [0.1, 0.15) is 35.4 Å². The van der Waals surface area contributed by atoms with Crippen LogP contribution in [0.25, 0.3) is 0 Å². The van der Waals surface area contributed by atoms with E-state index in [-0.39, 0.29) is 23.8 Å². The molecule has 0 aliphatic carbocycles. The molecule has 0 radical (unpaired) electrons. The van der Waals surface area contributed by atoms with Gasteiger partial charge in [0, 0.05) is 12.5 Å². The number of urea groups is 1. The highest BCUT2D eigenvalue weighted by Gasteiger charge is 2.16. The second-order valence-electron chi connectivity index (χ2n) is 4.07. The van der Waals surface area contributed by atoms with E-state index in [4.69, 9.17) is 9.84 Å². The van der Waals surface area contributed by atoms with Crippen molar-refractivity contribution >= 4 is 23.3 Å². The van der Waals surface area contributed by atoms with E-state index in [2.05, 4.69) is 15.6 Å². The van der Waals surface area contributed by atoms with Crippen molar-refractivity contribution in [3.63, 3.8) is 0 Å². The summed E-state index contributed by atoms with van der Waals surface area (Å²) in [5, 5.41) is 16.1. The van der Waals surface area contributed by atoms with E-state index < -0.39 is 5.97 Å². The van der Waals surface area contributed by atoms with E-state index in [0.717, 1.165) is 0 Å². The van der Waals surface area contributed by atoms with Gasteiger partial charge in [0.05, 0.1) is 18.7 Å². The van der Waals surface area contributed by atoms with Crippen LogP contribution in [0, 0.1) is 0 Å². The first-order valence-corrected chi connectivity index (χ1v) is 6.56. The average molecular weight is 287 g/mol. The number of hydrogen-bond donors (Lipinski definition) is 3. The Morgan fingerprint density at radius 1 is 1.47 bits per heavy atom. The summed E-state index contributed by atoms with van der Waals surface area (Å²) in [5.74, 6) is -1.08. The third-order valence-electron chi connectivity index (χ3n) is 2.25. The largest absolute Gasteiger partial charge is 0.476 e. The van der Waals surface area contributed by atoms with Crippen molar-refractivity contribution in [3.8, 4) is 0 Å². The van der Waals surface area contributed by atoms with Crippen molar-refractivity contribution < 1.29 is 19.4 Å². The number of thiazole rings is 1. The van der Waals surface area contributed by atoms with Crippen molar-refractivity contribution in [3.05, 3.63) is 16.1 Å². The Bertz CT molecular complexity index is 449. The van der Waals surface area contributed by atoms with Crippen LogP contribution in [0.4, 0.5) is 4.79 Å². The smallest absolute Gasteiger partial charge is 0.355 e. The molecular weight excluding hydrogens is 270 g/mol. The second-order valence-corrected chi connectivity index (χ2v) is 4.96. The summed E-state index contributed by atoms with van der Waals surface area (Å²) in [6.45, 7) is 3.98. The number of nitrogens with one attached hydrogen (secondary N) is 2. The zero-order chi connectivity index (χ0) is 14.4. The van der Waals surface area contributed by atoms with E-state index in [1.807, 2.05) is 6.92 Å². The van der Waals surface area contributed by atoms with Crippen molar-refractivity contribution in [2.24, 2.45) is 0 Å². The Morgan fingerprint density at radius 3 is 2.68 bits per heavy atom. The van der Waals surface area contributed by atoms with Crippen LogP contribution >= 0.6 is 11.3 Å². The summed E-state index contributed by atoms with van der Waals surface area (Å²) in [7, 11) is 1.56. The molecule has 7 nitrogen and oxygen atoms in total. The number of hydrogen-bond acceptors (Lipinski definition) is 5. The summed E-state index contributed by atoms with van der Waals surface area (Å²) in [6.07, 6.45) is 0. The van der Waals surface area contributed by atoms with Crippen molar-refractivity contribution in [1.82, 2.24) is 15.6 Å². The molecule has 8 heteroatoms. The van der Waals surface area contributed by atoms with Gasteiger partial charge in [-0.2, -0.15) is 0 Å². The van der Waals surface area contributed by atoms with Gasteiger partial charge in [-0.25, -0.2) is 14.6 Å². The number of carbonyl (C=O) groups excluding carboxylic acids is 1.